The van der Waals surface area contributed by atoms with Crippen molar-refractivity contribution >= 4 is 11.9 Å². The highest BCUT2D eigenvalue weighted by Crippen LogP contribution is 2.37. The SMILES string of the molecule is COC(Cc1ccc(OC(C)(C)C(=O)NC2CCC(C(C)(C)C)CC2)cc1)C(=O)O. The molecule has 1 aliphatic rings. The van der Waals surface area contributed by atoms with Gasteiger partial charge >= 0.3 is 5.97 Å². The van der Waals surface area contributed by atoms with Crippen LogP contribution in [0.2, 0.25) is 0 Å². The van der Waals surface area contributed by atoms with Crippen molar-refractivity contribution in [1.82, 2.24) is 5.32 Å². The highest BCUT2D eigenvalue weighted by atomic mass is 16.5. The first-order valence-electron chi connectivity index (χ1n) is 10.8. The van der Waals surface area contributed by atoms with Crippen LogP contribution in [0.15, 0.2) is 24.3 Å². The average molecular weight is 420 g/mol. The van der Waals surface area contributed by atoms with Crippen LogP contribution in [0.3, 0.4) is 0 Å². The van der Waals surface area contributed by atoms with Crippen molar-refractivity contribution < 1.29 is 24.2 Å². The summed E-state index contributed by atoms with van der Waals surface area (Å²) in [5.41, 5.74) is 0.143. The van der Waals surface area contributed by atoms with Gasteiger partial charge < -0.3 is 19.9 Å². The van der Waals surface area contributed by atoms with Crippen molar-refractivity contribution in [2.24, 2.45) is 11.3 Å². The van der Waals surface area contributed by atoms with E-state index in [-0.39, 0.29) is 18.4 Å². The number of hydrogen-bond donors (Lipinski definition) is 2. The van der Waals surface area contributed by atoms with Crippen molar-refractivity contribution in [2.75, 3.05) is 7.11 Å². The molecule has 0 aliphatic heterocycles. The van der Waals surface area contributed by atoms with Gasteiger partial charge in [0.05, 0.1) is 0 Å². The number of aliphatic carboxylic acids is 1. The van der Waals surface area contributed by atoms with E-state index in [4.69, 9.17) is 14.6 Å². The number of carboxylic acids is 1. The number of rotatable bonds is 8. The molecule has 0 radical (unpaired) electrons. The first kappa shape index (κ1) is 24.2. The molecule has 1 aliphatic carbocycles. The summed E-state index contributed by atoms with van der Waals surface area (Å²) in [6.45, 7) is 10.4. The Morgan fingerprint density at radius 3 is 2.10 bits per heavy atom. The van der Waals surface area contributed by atoms with E-state index in [0.29, 0.717) is 17.1 Å². The molecule has 168 valence electrons. The van der Waals surface area contributed by atoms with Crippen LogP contribution in [0, 0.1) is 11.3 Å². The largest absolute Gasteiger partial charge is 0.479 e. The number of carbonyl (C=O) groups excluding carboxylic acids is 1. The molecule has 1 atom stereocenters. The van der Waals surface area contributed by atoms with Crippen molar-refractivity contribution in [3.05, 3.63) is 29.8 Å². The molecule has 0 saturated heterocycles. The number of methoxy groups -OCH3 is 1. The third-order valence-corrected chi connectivity index (χ3v) is 6.11. The van der Waals surface area contributed by atoms with Crippen LogP contribution in [0.1, 0.15) is 65.9 Å². The predicted octanol–water partition coefficient (Wildman–Crippen LogP) is 4.21. The van der Waals surface area contributed by atoms with Crippen LogP contribution in [-0.4, -0.2) is 41.8 Å². The molecule has 6 nitrogen and oxygen atoms in total. The van der Waals surface area contributed by atoms with E-state index in [1.54, 1.807) is 38.1 Å². The average Bonchev–Trinajstić information content (AvgIpc) is 2.66. The maximum atomic E-state index is 12.8. The van der Waals surface area contributed by atoms with Gasteiger partial charge in [-0.1, -0.05) is 32.9 Å². The Kier molecular flexibility index (Phi) is 7.92. The molecule has 6 heteroatoms. The number of carboxylic acid groups (broad SMARTS) is 1. The van der Waals surface area contributed by atoms with Crippen molar-refractivity contribution in [3.63, 3.8) is 0 Å². The van der Waals surface area contributed by atoms with Gasteiger partial charge in [-0.25, -0.2) is 4.79 Å². The maximum absolute atomic E-state index is 12.8. The summed E-state index contributed by atoms with van der Waals surface area (Å²) in [7, 11) is 1.38. The van der Waals surface area contributed by atoms with E-state index in [1.807, 2.05) is 0 Å². The third-order valence-electron chi connectivity index (χ3n) is 6.11. The normalized spacial score (nSPS) is 21.0. The molecule has 30 heavy (non-hydrogen) atoms. The van der Waals surface area contributed by atoms with Crippen LogP contribution < -0.4 is 10.1 Å². The molecule has 1 saturated carbocycles. The molecule has 0 spiro atoms. The van der Waals surface area contributed by atoms with Gasteiger partial charge in [-0.3, -0.25) is 4.79 Å². The zero-order valence-corrected chi connectivity index (χ0v) is 19.2. The second-order valence-corrected chi connectivity index (χ2v) is 9.91. The summed E-state index contributed by atoms with van der Waals surface area (Å²) in [4.78, 5) is 23.9. The molecule has 1 aromatic carbocycles. The fraction of sp³-hybridized carbons (Fsp3) is 0.667. The van der Waals surface area contributed by atoms with Gasteiger partial charge in [0, 0.05) is 19.6 Å². The Labute approximate surface area is 180 Å². The van der Waals surface area contributed by atoms with Crippen LogP contribution in [0.4, 0.5) is 0 Å². The highest BCUT2D eigenvalue weighted by Gasteiger charge is 2.34. The summed E-state index contributed by atoms with van der Waals surface area (Å²) < 4.78 is 10.9. The minimum atomic E-state index is -1.00. The van der Waals surface area contributed by atoms with Gasteiger partial charge in [0.1, 0.15) is 5.75 Å². The number of benzene rings is 1. The lowest BCUT2D eigenvalue weighted by molar-refractivity contribution is -0.148. The predicted molar refractivity (Wildman–Crippen MR) is 117 cm³/mol. The minimum absolute atomic E-state index is 0.115. The quantitative estimate of drug-likeness (QED) is 0.659. The molecule has 1 amide bonds. The summed E-state index contributed by atoms with van der Waals surface area (Å²) in [5, 5.41) is 12.3. The summed E-state index contributed by atoms with van der Waals surface area (Å²) in [5.74, 6) is 0.162. The van der Waals surface area contributed by atoms with Crippen LogP contribution in [-0.2, 0) is 20.7 Å². The summed E-state index contributed by atoms with van der Waals surface area (Å²) in [6, 6.07) is 7.31. The van der Waals surface area contributed by atoms with Crippen molar-refractivity contribution in [2.45, 2.75) is 84.5 Å². The van der Waals surface area contributed by atoms with Gasteiger partial charge in [-0.2, -0.15) is 0 Å². The van der Waals surface area contributed by atoms with Gasteiger partial charge in [0.25, 0.3) is 5.91 Å². The lowest BCUT2D eigenvalue weighted by Gasteiger charge is -2.38. The zero-order chi connectivity index (χ0) is 22.5. The second-order valence-electron chi connectivity index (χ2n) is 9.91. The molecule has 2 N–H and O–H groups in total. The van der Waals surface area contributed by atoms with Crippen LogP contribution in [0.5, 0.6) is 5.75 Å². The first-order valence-corrected chi connectivity index (χ1v) is 10.8. The molecule has 0 bridgehead atoms. The van der Waals surface area contributed by atoms with Gasteiger partial charge in [0.15, 0.2) is 11.7 Å². The number of nitrogens with one attached hydrogen (secondary N) is 1. The number of carbonyl (C=O) groups is 2. The molecule has 1 unspecified atom stereocenters. The Hall–Kier alpha value is -2.08. The fourth-order valence-electron chi connectivity index (χ4n) is 3.98. The molecule has 1 fully saturated rings. The zero-order valence-electron chi connectivity index (χ0n) is 19.2. The third kappa shape index (κ3) is 6.73. The second kappa shape index (κ2) is 9.82. The van der Waals surface area contributed by atoms with E-state index in [0.717, 1.165) is 31.2 Å². The summed E-state index contributed by atoms with van der Waals surface area (Å²) >= 11 is 0. The van der Waals surface area contributed by atoms with Crippen molar-refractivity contribution in [1.29, 1.82) is 0 Å². The smallest absolute Gasteiger partial charge is 0.333 e. The lowest BCUT2D eigenvalue weighted by Crippen LogP contribution is -2.51. The standard InChI is InChI=1S/C24H37NO5/c1-23(2,3)17-9-11-18(12-10-17)25-22(28)24(4,5)30-19-13-7-16(8-14-19)15-20(29-6)21(26)27/h7-8,13-14,17-18,20H,9-12,15H2,1-6H3,(H,25,28)(H,26,27). The van der Waals surface area contributed by atoms with Crippen LogP contribution >= 0.6 is 0 Å². The summed E-state index contributed by atoms with van der Waals surface area (Å²) in [6.07, 6.45) is 3.66. The first-order chi connectivity index (χ1) is 13.9. The molecule has 2 rings (SSSR count). The van der Waals surface area contributed by atoms with Crippen LogP contribution in [0.25, 0.3) is 0 Å². The molecule has 1 aromatic rings. The Morgan fingerprint density at radius 2 is 1.63 bits per heavy atom. The number of hydrogen-bond acceptors (Lipinski definition) is 4. The Morgan fingerprint density at radius 1 is 1.07 bits per heavy atom. The minimum Gasteiger partial charge on any atom is -0.479 e. The topological polar surface area (TPSA) is 84.9 Å². The van der Waals surface area contributed by atoms with E-state index in [1.165, 1.54) is 7.11 Å². The molecular formula is C24H37NO5. The number of amides is 1. The van der Waals surface area contributed by atoms with Gasteiger partial charge in [-0.15, -0.1) is 0 Å². The number of ether oxygens (including phenoxy) is 2. The fourth-order valence-corrected chi connectivity index (χ4v) is 3.98. The molecular weight excluding hydrogens is 382 g/mol. The van der Waals surface area contributed by atoms with Crippen molar-refractivity contribution in [3.8, 4) is 5.75 Å². The maximum Gasteiger partial charge on any atom is 0.333 e. The molecule has 0 aromatic heterocycles. The van der Waals surface area contributed by atoms with E-state index >= 15 is 0 Å². The van der Waals surface area contributed by atoms with E-state index in [2.05, 4.69) is 26.1 Å². The lowest BCUT2D eigenvalue weighted by atomic mass is 9.71. The van der Waals surface area contributed by atoms with E-state index < -0.39 is 17.7 Å². The van der Waals surface area contributed by atoms with Gasteiger partial charge in [-0.05, 0) is 68.6 Å². The highest BCUT2D eigenvalue weighted by molar-refractivity contribution is 5.85. The Bertz CT molecular complexity index is 712. The van der Waals surface area contributed by atoms with E-state index in [9.17, 15) is 9.59 Å². The van der Waals surface area contributed by atoms with Gasteiger partial charge in [0.2, 0.25) is 0 Å². The monoisotopic (exact) mass is 419 g/mol. The molecule has 0 heterocycles. The Balaban J connectivity index is 1.89.